The Morgan fingerprint density at radius 2 is 1.50 bits per heavy atom. The van der Waals surface area contributed by atoms with Crippen LogP contribution in [0.25, 0.3) is 0 Å². The normalized spacial score (nSPS) is 44.9. The van der Waals surface area contributed by atoms with E-state index in [1.165, 1.54) is 44.8 Å². The summed E-state index contributed by atoms with van der Waals surface area (Å²) in [5, 5.41) is 0. The zero-order valence-electron chi connectivity index (χ0n) is 9.43. The van der Waals surface area contributed by atoms with Crippen LogP contribution in [0.2, 0.25) is 0 Å². The molecule has 0 aliphatic heterocycles. The van der Waals surface area contributed by atoms with Crippen LogP contribution < -0.4 is 0 Å². The summed E-state index contributed by atoms with van der Waals surface area (Å²) in [6.45, 7) is 0.416. The van der Waals surface area contributed by atoms with Crippen molar-refractivity contribution >= 4 is 6.47 Å². The minimum atomic E-state index is 0.0670. The number of carbonyl (C=O) groups is 1. The number of ether oxygens (including phenoxy) is 2. The van der Waals surface area contributed by atoms with E-state index in [-0.39, 0.29) is 5.60 Å². The predicted molar refractivity (Wildman–Crippen MR) is 58.3 cm³/mol. The van der Waals surface area contributed by atoms with Gasteiger partial charge in [-0.25, -0.2) is 0 Å². The Kier molecular flexibility index (Phi) is 2.41. The van der Waals surface area contributed by atoms with Gasteiger partial charge < -0.3 is 9.47 Å². The van der Waals surface area contributed by atoms with E-state index in [0.29, 0.717) is 6.47 Å². The van der Waals surface area contributed by atoms with E-state index in [0.717, 1.165) is 17.8 Å². The molecule has 0 amide bonds. The molecule has 0 atom stereocenters. The standard InChI is InChI=1S/C13H18O3/c14-9-15-1-2-16-13-6-10-3-11(7-13)5-12(4-10)8-13/h1-2,9-12H,3-8H2/b2-1-. The second-order valence-corrected chi connectivity index (χ2v) is 5.72. The summed E-state index contributed by atoms with van der Waals surface area (Å²) < 4.78 is 10.4. The maximum atomic E-state index is 10.00. The molecule has 3 heteroatoms. The van der Waals surface area contributed by atoms with Crippen molar-refractivity contribution in [3.63, 3.8) is 0 Å². The van der Waals surface area contributed by atoms with E-state index < -0.39 is 0 Å². The highest BCUT2D eigenvalue weighted by Crippen LogP contribution is 2.57. The molecule has 4 bridgehead atoms. The average molecular weight is 222 g/mol. The van der Waals surface area contributed by atoms with Gasteiger partial charge in [0.15, 0.2) is 0 Å². The number of rotatable bonds is 4. The molecule has 0 radical (unpaired) electrons. The molecule has 0 aromatic heterocycles. The number of hydrogen-bond acceptors (Lipinski definition) is 3. The molecule has 4 aliphatic rings. The van der Waals surface area contributed by atoms with Crippen molar-refractivity contribution in [3.05, 3.63) is 12.5 Å². The maximum absolute atomic E-state index is 10.00. The molecule has 4 saturated carbocycles. The zero-order valence-corrected chi connectivity index (χ0v) is 9.43. The molecule has 0 aromatic carbocycles. The third kappa shape index (κ3) is 1.72. The van der Waals surface area contributed by atoms with Crippen molar-refractivity contribution in [3.8, 4) is 0 Å². The van der Waals surface area contributed by atoms with Crippen LogP contribution in [0.4, 0.5) is 0 Å². The Hall–Kier alpha value is -0.990. The van der Waals surface area contributed by atoms with Crippen LogP contribution in [0.1, 0.15) is 38.5 Å². The van der Waals surface area contributed by atoms with E-state index in [2.05, 4.69) is 4.74 Å². The van der Waals surface area contributed by atoms with Gasteiger partial charge in [0, 0.05) is 0 Å². The molecule has 0 unspecified atom stereocenters. The van der Waals surface area contributed by atoms with E-state index in [4.69, 9.17) is 4.74 Å². The van der Waals surface area contributed by atoms with Crippen LogP contribution in [0.5, 0.6) is 0 Å². The molecule has 0 spiro atoms. The molecule has 0 heterocycles. The van der Waals surface area contributed by atoms with Crippen molar-refractivity contribution in [1.29, 1.82) is 0 Å². The van der Waals surface area contributed by atoms with Gasteiger partial charge in [0.2, 0.25) is 0 Å². The molecule has 4 rings (SSSR count). The van der Waals surface area contributed by atoms with Gasteiger partial charge in [-0.15, -0.1) is 0 Å². The van der Waals surface area contributed by atoms with E-state index >= 15 is 0 Å². The molecule has 0 N–H and O–H groups in total. The highest BCUT2D eigenvalue weighted by molar-refractivity contribution is 5.38. The molecular weight excluding hydrogens is 204 g/mol. The van der Waals surface area contributed by atoms with E-state index in [9.17, 15) is 4.79 Å². The number of carbonyl (C=O) groups excluding carboxylic acids is 1. The Labute approximate surface area is 95.8 Å². The van der Waals surface area contributed by atoms with Gasteiger partial charge in [-0.1, -0.05) is 0 Å². The van der Waals surface area contributed by atoms with Gasteiger partial charge in [0.25, 0.3) is 6.47 Å². The molecular formula is C13H18O3. The SMILES string of the molecule is O=CO/C=C\OC12CC3CC(CC(C3)C1)C2. The second-order valence-electron chi connectivity index (χ2n) is 5.72. The molecule has 0 saturated heterocycles. The minimum Gasteiger partial charge on any atom is -0.492 e. The summed E-state index contributed by atoms with van der Waals surface area (Å²) in [6.07, 6.45) is 10.7. The molecule has 88 valence electrons. The predicted octanol–water partition coefficient (Wildman–Crippen LogP) is 2.62. The zero-order chi connectivity index (χ0) is 11.0. The van der Waals surface area contributed by atoms with Gasteiger partial charge in [0.05, 0.1) is 0 Å². The molecule has 3 nitrogen and oxygen atoms in total. The second kappa shape index (κ2) is 3.79. The lowest BCUT2D eigenvalue weighted by Crippen LogP contribution is -2.51. The Balaban J connectivity index is 1.66. The van der Waals surface area contributed by atoms with Gasteiger partial charge in [-0.05, 0) is 56.3 Å². The Morgan fingerprint density at radius 1 is 0.938 bits per heavy atom. The third-order valence-electron chi connectivity index (χ3n) is 4.49. The molecule has 16 heavy (non-hydrogen) atoms. The summed E-state index contributed by atoms with van der Waals surface area (Å²) in [7, 11) is 0. The topological polar surface area (TPSA) is 35.5 Å². The fourth-order valence-electron chi connectivity index (χ4n) is 4.41. The van der Waals surface area contributed by atoms with Crippen molar-refractivity contribution in [1.82, 2.24) is 0 Å². The van der Waals surface area contributed by atoms with Crippen LogP contribution in [0.3, 0.4) is 0 Å². The third-order valence-corrected chi connectivity index (χ3v) is 4.49. The maximum Gasteiger partial charge on any atom is 0.298 e. The summed E-state index contributed by atoms with van der Waals surface area (Å²) >= 11 is 0. The fourth-order valence-corrected chi connectivity index (χ4v) is 4.41. The molecule has 0 aromatic rings. The minimum absolute atomic E-state index is 0.0670. The van der Waals surface area contributed by atoms with Crippen molar-refractivity contribution < 1.29 is 14.3 Å². The quantitative estimate of drug-likeness (QED) is 0.542. The first kappa shape index (κ1) is 10.2. The highest BCUT2D eigenvalue weighted by Gasteiger charge is 2.52. The molecule has 4 aliphatic carbocycles. The first-order valence-corrected chi connectivity index (χ1v) is 6.22. The lowest BCUT2D eigenvalue weighted by molar-refractivity contribution is -0.133. The number of hydrogen-bond donors (Lipinski definition) is 0. The summed E-state index contributed by atoms with van der Waals surface area (Å²) in [5.74, 6) is 2.64. The van der Waals surface area contributed by atoms with Crippen LogP contribution >= 0.6 is 0 Å². The Morgan fingerprint density at radius 3 is 2.00 bits per heavy atom. The summed E-state index contributed by atoms with van der Waals surface area (Å²) in [6, 6.07) is 0. The smallest absolute Gasteiger partial charge is 0.298 e. The summed E-state index contributed by atoms with van der Waals surface area (Å²) in [5.41, 5.74) is 0.0670. The van der Waals surface area contributed by atoms with Crippen LogP contribution in [0.15, 0.2) is 12.5 Å². The highest BCUT2D eigenvalue weighted by atomic mass is 16.5. The monoisotopic (exact) mass is 222 g/mol. The van der Waals surface area contributed by atoms with Crippen LogP contribution in [0, 0.1) is 17.8 Å². The fraction of sp³-hybridized carbons (Fsp3) is 0.769. The lowest BCUT2D eigenvalue weighted by atomic mass is 9.54. The summed E-state index contributed by atoms with van der Waals surface area (Å²) in [4.78, 5) is 10.00. The van der Waals surface area contributed by atoms with Gasteiger partial charge in [-0.3, -0.25) is 4.79 Å². The van der Waals surface area contributed by atoms with E-state index in [1.807, 2.05) is 0 Å². The van der Waals surface area contributed by atoms with Crippen LogP contribution in [-0.4, -0.2) is 12.1 Å². The van der Waals surface area contributed by atoms with Crippen molar-refractivity contribution in [2.75, 3.05) is 0 Å². The van der Waals surface area contributed by atoms with Gasteiger partial charge in [-0.2, -0.15) is 0 Å². The first-order valence-electron chi connectivity index (χ1n) is 6.22. The van der Waals surface area contributed by atoms with Crippen LogP contribution in [-0.2, 0) is 14.3 Å². The average Bonchev–Trinajstić information content (AvgIpc) is 2.22. The van der Waals surface area contributed by atoms with Crippen molar-refractivity contribution in [2.45, 2.75) is 44.1 Å². The van der Waals surface area contributed by atoms with Gasteiger partial charge in [0.1, 0.15) is 18.1 Å². The largest absolute Gasteiger partial charge is 0.492 e. The van der Waals surface area contributed by atoms with Crippen molar-refractivity contribution in [2.24, 2.45) is 17.8 Å². The molecule has 4 fully saturated rings. The van der Waals surface area contributed by atoms with Gasteiger partial charge >= 0.3 is 0 Å². The lowest BCUT2D eigenvalue weighted by Gasteiger charge is -2.55. The Bertz CT molecular complexity index is 273. The first-order chi connectivity index (χ1) is 7.80. The van der Waals surface area contributed by atoms with E-state index in [1.54, 1.807) is 6.26 Å².